The molecule has 2 aromatic carbocycles. The summed E-state index contributed by atoms with van der Waals surface area (Å²) in [5, 5.41) is 10.5. The Morgan fingerprint density at radius 1 is 1.24 bits per heavy atom. The Morgan fingerprint density at radius 3 is 2.96 bits per heavy atom. The van der Waals surface area contributed by atoms with E-state index in [1.807, 2.05) is 48.5 Å². The molecule has 1 heterocycles. The summed E-state index contributed by atoms with van der Waals surface area (Å²) in [7, 11) is 0. The van der Waals surface area contributed by atoms with Gasteiger partial charge in [-0.1, -0.05) is 41.9 Å². The van der Waals surface area contributed by atoms with Crippen molar-refractivity contribution in [2.45, 2.75) is 6.61 Å². The van der Waals surface area contributed by atoms with E-state index in [9.17, 15) is 4.79 Å². The summed E-state index contributed by atoms with van der Waals surface area (Å²) in [5.41, 5.74) is 3.83. The number of aromatic nitrogens is 3. The van der Waals surface area contributed by atoms with Crippen molar-refractivity contribution in [2.24, 2.45) is 5.10 Å². The molecule has 7 nitrogen and oxygen atoms in total. The molecule has 1 aromatic heterocycles. The predicted octanol–water partition coefficient (Wildman–Crippen LogP) is 2.84. The van der Waals surface area contributed by atoms with Gasteiger partial charge in [-0.3, -0.25) is 5.43 Å². The number of nitrogens with zero attached hydrogens (tertiary/aromatic N) is 3. The molecule has 0 spiro atoms. The molecule has 0 unspecified atom stereocenters. The van der Waals surface area contributed by atoms with Crippen LogP contribution in [-0.2, 0) is 6.61 Å². The summed E-state index contributed by atoms with van der Waals surface area (Å²) >= 11 is 6.11. The number of hydrogen-bond acceptors (Lipinski definition) is 6. The number of benzene rings is 2. The van der Waals surface area contributed by atoms with Crippen molar-refractivity contribution in [1.82, 2.24) is 15.2 Å². The lowest BCUT2D eigenvalue weighted by molar-refractivity contribution is 0.306. The highest BCUT2D eigenvalue weighted by molar-refractivity contribution is 6.31. The van der Waals surface area contributed by atoms with Crippen LogP contribution in [0.15, 0.2) is 64.6 Å². The van der Waals surface area contributed by atoms with E-state index in [0.717, 1.165) is 11.1 Å². The van der Waals surface area contributed by atoms with Crippen LogP contribution < -0.4 is 15.9 Å². The zero-order chi connectivity index (χ0) is 17.5. The molecule has 0 aliphatic carbocycles. The van der Waals surface area contributed by atoms with Crippen LogP contribution in [0.2, 0.25) is 5.02 Å². The van der Waals surface area contributed by atoms with Crippen molar-refractivity contribution >= 4 is 23.6 Å². The highest BCUT2D eigenvalue weighted by Crippen LogP contribution is 2.19. The monoisotopic (exact) mass is 355 g/mol. The smallest absolute Gasteiger partial charge is 0.363 e. The second kappa shape index (κ2) is 8.07. The maximum atomic E-state index is 11.0. The van der Waals surface area contributed by atoms with E-state index in [-0.39, 0.29) is 5.82 Å². The lowest BCUT2D eigenvalue weighted by Crippen LogP contribution is -2.13. The lowest BCUT2D eigenvalue weighted by atomic mass is 10.2. The molecule has 0 amide bonds. The lowest BCUT2D eigenvalue weighted by Gasteiger charge is -2.08. The average Bonchev–Trinajstić information content (AvgIpc) is 2.62. The van der Waals surface area contributed by atoms with Gasteiger partial charge in [0.25, 0.3) is 0 Å². The third-order valence-electron chi connectivity index (χ3n) is 3.17. The van der Waals surface area contributed by atoms with E-state index in [1.165, 1.54) is 6.20 Å². The Morgan fingerprint density at radius 2 is 2.12 bits per heavy atom. The third-order valence-corrected chi connectivity index (χ3v) is 3.54. The summed E-state index contributed by atoms with van der Waals surface area (Å²) < 4.78 is 5.76. The van der Waals surface area contributed by atoms with Crippen molar-refractivity contribution in [2.75, 3.05) is 5.43 Å². The van der Waals surface area contributed by atoms with E-state index in [2.05, 4.69) is 25.7 Å². The Bertz CT molecular complexity index is 942. The second-order valence-corrected chi connectivity index (χ2v) is 5.40. The van der Waals surface area contributed by atoms with Gasteiger partial charge in [0, 0.05) is 10.6 Å². The van der Waals surface area contributed by atoms with Gasteiger partial charge < -0.3 is 4.74 Å². The predicted molar refractivity (Wildman–Crippen MR) is 96.1 cm³/mol. The molecular formula is C17H14ClN5O2. The van der Waals surface area contributed by atoms with Gasteiger partial charge in [-0.25, -0.2) is 9.89 Å². The van der Waals surface area contributed by atoms with E-state index in [1.54, 1.807) is 6.21 Å². The first kappa shape index (κ1) is 16.7. The third kappa shape index (κ3) is 4.89. The minimum Gasteiger partial charge on any atom is -0.489 e. The molecule has 3 aromatic rings. The molecular weight excluding hydrogens is 342 g/mol. The zero-order valence-corrected chi connectivity index (χ0v) is 13.8. The molecule has 0 atom stereocenters. The molecule has 0 saturated heterocycles. The van der Waals surface area contributed by atoms with Gasteiger partial charge >= 0.3 is 5.69 Å². The van der Waals surface area contributed by atoms with E-state index >= 15 is 0 Å². The summed E-state index contributed by atoms with van der Waals surface area (Å²) in [6.07, 6.45) is 2.95. The van der Waals surface area contributed by atoms with Crippen molar-refractivity contribution in [3.63, 3.8) is 0 Å². The number of H-pyrrole nitrogens is 1. The van der Waals surface area contributed by atoms with Crippen LogP contribution in [0.1, 0.15) is 11.1 Å². The van der Waals surface area contributed by atoms with Crippen LogP contribution in [0, 0.1) is 0 Å². The highest BCUT2D eigenvalue weighted by Gasteiger charge is 2.01. The molecule has 0 bridgehead atoms. The molecule has 0 aliphatic heterocycles. The normalized spacial score (nSPS) is 10.8. The van der Waals surface area contributed by atoms with Crippen LogP contribution in [0.25, 0.3) is 0 Å². The molecule has 126 valence electrons. The van der Waals surface area contributed by atoms with Crippen LogP contribution >= 0.6 is 11.6 Å². The van der Waals surface area contributed by atoms with Crippen molar-refractivity contribution in [3.05, 3.63) is 81.4 Å². The van der Waals surface area contributed by atoms with Gasteiger partial charge in [-0.05, 0) is 23.8 Å². The SMILES string of the molecule is O=c1nc(N/N=C/c2cccc(OCc3ccccc3Cl)c2)cn[nH]1. The Balaban J connectivity index is 1.62. The number of hydrazone groups is 1. The van der Waals surface area contributed by atoms with Crippen LogP contribution in [0.4, 0.5) is 5.82 Å². The molecule has 0 fully saturated rings. The number of halogens is 1. The van der Waals surface area contributed by atoms with Crippen molar-refractivity contribution < 1.29 is 4.74 Å². The Hall–Kier alpha value is -3.19. The minimum atomic E-state index is -0.546. The Labute approximate surface area is 148 Å². The summed E-state index contributed by atoms with van der Waals surface area (Å²) in [4.78, 5) is 14.7. The summed E-state index contributed by atoms with van der Waals surface area (Å²) in [6.45, 7) is 0.376. The van der Waals surface area contributed by atoms with Gasteiger partial charge in [0.1, 0.15) is 12.4 Å². The zero-order valence-electron chi connectivity index (χ0n) is 13.0. The largest absolute Gasteiger partial charge is 0.489 e. The van der Waals surface area contributed by atoms with Gasteiger partial charge in [-0.2, -0.15) is 15.2 Å². The van der Waals surface area contributed by atoms with Gasteiger partial charge in [0.2, 0.25) is 0 Å². The summed E-state index contributed by atoms with van der Waals surface area (Å²) in [5.74, 6) is 0.950. The molecule has 3 rings (SSSR count). The number of aromatic amines is 1. The molecule has 0 saturated carbocycles. The first-order valence-electron chi connectivity index (χ1n) is 7.38. The van der Waals surface area contributed by atoms with Crippen LogP contribution in [0.3, 0.4) is 0 Å². The maximum absolute atomic E-state index is 11.0. The molecule has 2 N–H and O–H groups in total. The Kier molecular flexibility index (Phi) is 5.38. The van der Waals surface area contributed by atoms with E-state index in [4.69, 9.17) is 16.3 Å². The number of nitrogens with one attached hydrogen (secondary N) is 2. The van der Waals surface area contributed by atoms with Crippen molar-refractivity contribution in [1.29, 1.82) is 0 Å². The first-order chi connectivity index (χ1) is 12.2. The molecule has 0 aliphatic rings. The fourth-order valence-electron chi connectivity index (χ4n) is 2.00. The fourth-order valence-corrected chi connectivity index (χ4v) is 2.19. The molecule has 25 heavy (non-hydrogen) atoms. The molecule has 8 heteroatoms. The maximum Gasteiger partial charge on any atom is 0.363 e. The number of hydrogen-bond donors (Lipinski definition) is 2. The van der Waals surface area contributed by atoms with Crippen molar-refractivity contribution in [3.8, 4) is 5.75 Å². The second-order valence-electron chi connectivity index (χ2n) is 4.99. The number of anilines is 1. The number of rotatable bonds is 6. The van der Waals surface area contributed by atoms with E-state index < -0.39 is 5.69 Å². The minimum absolute atomic E-state index is 0.256. The first-order valence-corrected chi connectivity index (χ1v) is 7.75. The average molecular weight is 356 g/mol. The topological polar surface area (TPSA) is 92.3 Å². The highest BCUT2D eigenvalue weighted by atomic mass is 35.5. The quantitative estimate of drug-likeness (QED) is 0.524. The summed E-state index contributed by atoms with van der Waals surface area (Å²) in [6, 6.07) is 15.0. The number of ether oxygens (including phenoxy) is 1. The molecule has 0 radical (unpaired) electrons. The fraction of sp³-hybridized carbons (Fsp3) is 0.0588. The van der Waals surface area contributed by atoms with Crippen LogP contribution in [0.5, 0.6) is 5.75 Å². The van der Waals surface area contributed by atoms with E-state index in [0.29, 0.717) is 17.4 Å². The van der Waals surface area contributed by atoms with Crippen LogP contribution in [-0.4, -0.2) is 21.4 Å². The standard InChI is InChI=1S/C17H14ClN5O2/c18-15-7-2-1-5-13(15)11-25-14-6-3-4-12(8-14)9-19-22-16-10-20-23-17(24)21-16/h1-10H,11H2,(H2,21,22,23,24)/b19-9+. The van der Waals surface area contributed by atoms with Gasteiger partial charge in [-0.15, -0.1) is 0 Å². The van der Waals surface area contributed by atoms with Gasteiger partial charge in [0.05, 0.1) is 12.4 Å². The van der Waals surface area contributed by atoms with Gasteiger partial charge in [0.15, 0.2) is 5.82 Å².